The van der Waals surface area contributed by atoms with Gasteiger partial charge in [0.15, 0.2) is 11.0 Å². The van der Waals surface area contributed by atoms with Crippen LogP contribution in [0.15, 0.2) is 35.9 Å². The van der Waals surface area contributed by atoms with Gasteiger partial charge in [-0.3, -0.25) is 24.1 Å². The van der Waals surface area contributed by atoms with Gasteiger partial charge in [-0.2, -0.15) is 0 Å². The summed E-state index contributed by atoms with van der Waals surface area (Å²) in [5.74, 6) is -0.888. The van der Waals surface area contributed by atoms with Crippen LogP contribution in [0.2, 0.25) is 0 Å². The van der Waals surface area contributed by atoms with Gasteiger partial charge in [-0.1, -0.05) is 26.6 Å². The molecule has 8 heteroatoms. The number of carbonyl (C=O) groups is 4. The highest BCUT2D eigenvalue weighted by atomic mass is 31.2. The Morgan fingerprint density at radius 3 is 2.22 bits per heavy atom. The first-order valence-electron chi connectivity index (χ1n) is 8.86. The lowest BCUT2D eigenvalue weighted by atomic mass is 10.1. The van der Waals surface area contributed by atoms with Crippen molar-refractivity contribution in [1.82, 2.24) is 4.90 Å². The van der Waals surface area contributed by atoms with Crippen molar-refractivity contribution in [2.24, 2.45) is 0 Å². The Bertz CT molecular complexity index is 826. The minimum absolute atomic E-state index is 0.0816. The Kier molecular flexibility index (Phi) is 5.07. The third-order valence-electron chi connectivity index (χ3n) is 5.16. The number of fused-ring (bicyclic) bond motifs is 1. The first kappa shape index (κ1) is 18.6. The van der Waals surface area contributed by atoms with Gasteiger partial charge in [-0.25, -0.2) is 0 Å². The van der Waals surface area contributed by atoms with Crippen molar-refractivity contribution in [2.75, 3.05) is 25.5 Å². The zero-order chi connectivity index (χ0) is 19.1. The number of hydrogen-bond donors (Lipinski definition) is 0. The van der Waals surface area contributed by atoms with Crippen LogP contribution in [0.1, 0.15) is 33.6 Å². The normalized spacial score (nSPS) is 26.4. The second-order valence-electron chi connectivity index (χ2n) is 6.66. The first-order valence-corrected chi connectivity index (χ1v) is 11.9. The Balaban J connectivity index is 1.61. The molecular weight excluding hydrogens is 384 g/mol. The summed E-state index contributed by atoms with van der Waals surface area (Å²) in [5.41, 5.74) is 0.268. The summed E-state index contributed by atoms with van der Waals surface area (Å²) in [6.07, 6.45) is 2.03. The molecule has 0 bridgehead atoms. The fourth-order valence-electron chi connectivity index (χ4n) is 3.73. The Morgan fingerprint density at radius 1 is 1.04 bits per heavy atom. The van der Waals surface area contributed by atoms with Crippen LogP contribution in [0.3, 0.4) is 0 Å². The lowest BCUT2D eigenvalue weighted by molar-refractivity contribution is -0.119. The molecule has 4 rings (SSSR count). The van der Waals surface area contributed by atoms with E-state index >= 15 is 0 Å². The Morgan fingerprint density at radius 2 is 1.63 bits per heavy atom. The van der Waals surface area contributed by atoms with Gasteiger partial charge in [0.05, 0.1) is 32.3 Å². The number of rotatable bonds is 3. The quantitative estimate of drug-likeness (QED) is 0.573. The first-order chi connectivity index (χ1) is 13.0. The molecule has 0 spiro atoms. The van der Waals surface area contributed by atoms with E-state index in [1.165, 1.54) is 0 Å². The summed E-state index contributed by atoms with van der Waals surface area (Å²) in [6.45, 7) is 5.36. The van der Waals surface area contributed by atoms with Crippen molar-refractivity contribution in [3.63, 3.8) is 0 Å². The molecule has 140 valence electrons. The zero-order valence-electron chi connectivity index (χ0n) is 14.7. The van der Waals surface area contributed by atoms with Gasteiger partial charge >= 0.3 is 0 Å². The van der Waals surface area contributed by atoms with Gasteiger partial charge in [0.2, 0.25) is 0 Å². The Labute approximate surface area is 159 Å². The van der Waals surface area contributed by atoms with E-state index in [0.29, 0.717) is 24.3 Å². The van der Waals surface area contributed by atoms with E-state index in [1.807, 2.05) is 0 Å². The fraction of sp³-hybridized carbons (Fsp3) is 0.368. The summed E-state index contributed by atoms with van der Waals surface area (Å²) in [4.78, 5) is 52.4. The summed E-state index contributed by atoms with van der Waals surface area (Å²) in [6, 6.07) is 5.72. The summed E-state index contributed by atoms with van der Waals surface area (Å²) in [5, 5.41) is 0.736. The molecule has 0 radical (unpaired) electrons. The van der Waals surface area contributed by atoms with Crippen molar-refractivity contribution in [1.29, 1.82) is 0 Å². The average molecular weight is 403 g/mol. The maximum absolute atomic E-state index is 13.2. The molecule has 0 aromatic heterocycles. The molecule has 27 heavy (non-hydrogen) atoms. The molecule has 2 atom stereocenters. The van der Waals surface area contributed by atoms with Gasteiger partial charge in [-0.15, -0.1) is 0 Å². The fourth-order valence-corrected chi connectivity index (χ4v) is 9.22. The van der Waals surface area contributed by atoms with Gasteiger partial charge in [0.1, 0.15) is 6.04 Å². The van der Waals surface area contributed by atoms with Crippen molar-refractivity contribution in [3.8, 4) is 0 Å². The molecule has 2 fully saturated rings. The monoisotopic (exact) mass is 403 g/mol. The van der Waals surface area contributed by atoms with Gasteiger partial charge in [0.25, 0.3) is 11.8 Å². The van der Waals surface area contributed by atoms with E-state index in [0.717, 1.165) is 22.3 Å². The van der Waals surface area contributed by atoms with Crippen LogP contribution in [0.5, 0.6) is 0 Å². The van der Waals surface area contributed by atoms with Crippen molar-refractivity contribution in [3.05, 3.63) is 47.0 Å². The van der Waals surface area contributed by atoms with Crippen molar-refractivity contribution in [2.45, 2.75) is 18.9 Å². The van der Waals surface area contributed by atoms with Gasteiger partial charge < -0.3 is 4.74 Å². The second kappa shape index (κ2) is 7.35. The number of imide groups is 1. The highest BCUT2D eigenvalue weighted by molar-refractivity contribution is 8.00. The van der Waals surface area contributed by atoms with Gasteiger partial charge in [0, 0.05) is 6.42 Å². The van der Waals surface area contributed by atoms with Crippen LogP contribution in [-0.2, 0) is 14.3 Å². The molecule has 6 nitrogen and oxygen atoms in total. The lowest BCUT2D eigenvalue weighted by Gasteiger charge is -2.35. The average Bonchev–Trinajstić information content (AvgIpc) is 2.94. The summed E-state index contributed by atoms with van der Waals surface area (Å²) >= 11 is 0. The van der Waals surface area contributed by atoms with Crippen LogP contribution in [0.4, 0.5) is 0 Å². The largest absolute Gasteiger partial charge is 0.381 e. The highest BCUT2D eigenvalue weighted by Crippen LogP contribution is 2.65. The summed E-state index contributed by atoms with van der Waals surface area (Å²) < 4.78 is 5.37. The van der Waals surface area contributed by atoms with E-state index in [-0.39, 0.29) is 23.9 Å². The molecular formula is C19H19NO5P2. The van der Waals surface area contributed by atoms with E-state index in [2.05, 4.69) is 6.58 Å². The van der Waals surface area contributed by atoms with Crippen LogP contribution in [-0.4, -0.2) is 59.3 Å². The zero-order valence-corrected chi connectivity index (χ0v) is 16.5. The third-order valence-corrected chi connectivity index (χ3v) is 10.8. The predicted octanol–water partition coefficient (Wildman–Crippen LogP) is 2.96. The predicted molar refractivity (Wildman–Crippen MR) is 104 cm³/mol. The van der Waals surface area contributed by atoms with Gasteiger partial charge in [-0.05, 0) is 35.9 Å². The van der Waals surface area contributed by atoms with Crippen molar-refractivity contribution < 1.29 is 23.9 Å². The maximum atomic E-state index is 13.2. The maximum Gasteiger partial charge on any atom is 0.262 e. The second-order valence-corrected chi connectivity index (χ2v) is 11.7. The minimum Gasteiger partial charge on any atom is -0.381 e. The molecule has 0 N–H and O–H groups in total. The Hall–Kier alpha value is -1.74. The molecule has 0 saturated carbocycles. The third kappa shape index (κ3) is 3.10. The van der Waals surface area contributed by atoms with E-state index in [9.17, 15) is 19.2 Å². The molecule has 0 aliphatic carbocycles. The number of amides is 2. The number of nitrogens with zero attached hydrogens (tertiary/aromatic N) is 1. The smallest absolute Gasteiger partial charge is 0.262 e. The lowest BCUT2D eigenvalue weighted by Crippen LogP contribution is -2.46. The van der Waals surface area contributed by atoms with Crippen LogP contribution >= 0.6 is 15.8 Å². The van der Waals surface area contributed by atoms with Crippen LogP contribution < -0.4 is 0 Å². The number of carbonyl (C=O) groups excluding carboxylic acids is 4. The molecule has 3 heterocycles. The molecule has 2 unspecified atom stereocenters. The SMILES string of the molecule is C=C(P1CCOCC1)P1C(=O)CCC(N2C(=O)c3ccccc3C2=O)C1=O. The molecule has 2 amide bonds. The van der Waals surface area contributed by atoms with Crippen molar-refractivity contribution >= 4 is 38.7 Å². The molecule has 3 aliphatic heterocycles. The van der Waals surface area contributed by atoms with Crippen LogP contribution in [0, 0.1) is 0 Å². The van der Waals surface area contributed by atoms with Crippen LogP contribution in [0.25, 0.3) is 0 Å². The topological polar surface area (TPSA) is 80.8 Å². The van der Waals surface area contributed by atoms with E-state index < -0.39 is 33.7 Å². The molecule has 2 saturated heterocycles. The minimum atomic E-state index is -1.69. The number of hydrogen-bond acceptors (Lipinski definition) is 5. The molecule has 1 aromatic rings. The standard InChI is InChI=1S/C19H19NO5P2/c1-12(26-10-8-25-9-11-26)27-16(21)7-6-15(19(27)24)20-17(22)13-4-2-3-5-14(13)18(20)23/h2-5,15H,1,6-11H2. The van der Waals surface area contributed by atoms with E-state index in [1.54, 1.807) is 24.3 Å². The number of ether oxygens (including phenoxy) is 1. The molecule has 1 aromatic carbocycles. The highest BCUT2D eigenvalue weighted by Gasteiger charge is 2.49. The molecule has 3 aliphatic rings. The number of benzene rings is 1. The van der Waals surface area contributed by atoms with E-state index in [4.69, 9.17) is 4.74 Å². The summed E-state index contributed by atoms with van der Waals surface area (Å²) in [7, 11) is -2.32.